The van der Waals surface area contributed by atoms with Crippen LogP contribution in [0.15, 0.2) is 12.3 Å². The van der Waals surface area contributed by atoms with Crippen LogP contribution < -0.4 is 0 Å². The first-order valence-electron chi connectivity index (χ1n) is 2.05. The fourth-order valence-electron chi connectivity index (χ4n) is 0.282. The van der Waals surface area contributed by atoms with Crippen molar-refractivity contribution >= 4 is 0 Å². The van der Waals surface area contributed by atoms with Gasteiger partial charge in [0.1, 0.15) is 12.4 Å². The normalized spacial score (nSPS) is 29.6. The summed E-state index contributed by atoms with van der Waals surface area (Å²) >= 11 is 0. The Bertz CT molecular complexity index is 79.0. The third-order valence-corrected chi connectivity index (χ3v) is 0.635. The van der Waals surface area contributed by atoms with Crippen LogP contribution in [0.5, 0.6) is 0 Å². The fraction of sp³-hybridized carbons (Fsp3) is 0.500. The Morgan fingerprint density at radius 3 is 2.71 bits per heavy atom. The Kier molecular flexibility index (Phi) is 1.29. The standard InChI is InChI=1S/C4H6O3/c1-4-2-3-5-7-6-4/h2-4H,1H3. The third kappa shape index (κ3) is 1.17. The summed E-state index contributed by atoms with van der Waals surface area (Å²) in [6.45, 7) is 1.85. The van der Waals surface area contributed by atoms with Crippen molar-refractivity contribution in [3.63, 3.8) is 0 Å². The lowest BCUT2D eigenvalue weighted by atomic mass is 10.4. The largest absolute Gasteiger partial charge is 0.317 e. The summed E-state index contributed by atoms with van der Waals surface area (Å²) in [4.78, 5) is 8.71. The molecule has 0 aromatic heterocycles. The van der Waals surface area contributed by atoms with Gasteiger partial charge < -0.3 is 4.89 Å². The number of hydrogen-bond acceptors (Lipinski definition) is 3. The summed E-state index contributed by atoms with van der Waals surface area (Å²) in [6, 6.07) is 0. The monoisotopic (exact) mass is 102 g/mol. The Balaban J connectivity index is 2.36. The van der Waals surface area contributed by atoms with Crippen LogP contribution in [0.3, 0.4) is 0 Å². The van der Waals surface area contributed by atoms with Gasteiger partial charge in [0, 0.05) is 0 Å². The Morgan fingerprint density at radius 1 is 1.57 bits per heavy atom. The molecule has 7 heavy (non-hydrogen) atoms. The van der Waals surface area contributed by atoms with Gasteiger partial charge in [-0.2, -0.15) is 4.89 Å². The van der Waals surface area contributed by atoms with Crippen molar-refractivity contribution in [2.45, 2.75) is 13.0 Å². The van der Waals surface area contributed by atoms with Gasteiger partial charge in [-0.15, -0.1) is 0 Å². The molecule has 0 fully saturated rings. The SMILES string of the molecule is CC1C=COOO1. The van der Waals surface area contributed by atoms with E-state index in [0.29, 0.717) is 0 Å². The minimum Gasteiger partial charge on any atom is -0.317 e. The van der Waals surface area contributed by atoms with E-state index in [9.17, 15) is 0 Å². The molecule has 3 nitrogen and oxygen atoms in total. The summed E-state index contributed by atoms with van der Waals surface area (Å²) in [5.74, 6) is 0. The maximum absolute atomic E-state index is 4.47. The maximum atomic E-state index is 4.47. The summed E-state index contributed by atoms with van der Waals surface area (Å²) in [5, 5.41) is 4.09. The molecule has 0 radical (unpaired) electrons. The second-order valence-corrected chi connectivity index (χ2v) is 1.29. The highest BCUT2D eigenvalue weighted by atomic mass is 17.5. The van der Waals surface area contributed by atoms with Crippen molar-refractivity contribution in [1.82, 2.24) is 0 Å². The highest BCUT2D eigenvalue weighted by Crippen LogP contribution is 2.00. The zero-order valence-corrected chi connectivity index (χ0v) is 3.96. The predicted molar refractivity (Wildman–Crippen MR) is 21.9 cm³/mol. The van der Waals surface area contributed by atoms with E-state index >= 15 is 0 Å². The average Bonchev–Trinajstić information content (AvgIpc) is 1.69. The Labute approximate surface area is 41.3 Å². The molecule has 1 rings (SSSR count). The van der Waals surface area contributed by atoms with Crippen LogP contribution in [-0.4, -0.2) is 6.10 Å². The molecule has 0 aromatic carbocycles. The molecule has 3 heteroatoms. The van der Waals surface area contributed by atoms with E-state index in [1.807, 2.05) is 6.92 Å². The van der Waals surface area contributed by atoms with Crippen LogP contribution in [0.4, 0.5) is 0 Å². The van der Waals surface area contributed by atoms with Gasteiger partial charge in [-0.1, -0.05) is 0 Å². The lowest BCUT2D eigenvalue weighted by Crippen LogP contribution is -2.08. The van der Waals surface area contributed by atoms with Crippen LogP contribution in [0.25, 0.3) is 0 Å². The minimum absolute atomic E-state index is 0.00810. The first-order chi connectivity index (χ1) is 3.39. The number of rotatable bonds is 0. The second kappa shape index (κ2) is 1.95. The molecule has 0 N–H and O–H groups in total. The highest BCUT2D eigenvalue weighted by molar-refractivity contribution is 4.80. The zero-order chi connectivity index (χ0) is 5.11. The Morgan fingerprint density at radius 2 is 2.43 bits per heavy atom. The first kappa shape index (κ1) is 4.61. The summed E-state index contributed by atoms with van der Waals surface area (Å²) in [5.41, 5.74) is 0. The highest BCUT2D eigenvalue weighted by Gasteiger charge is 2.01. The summed E-state index contributed by atoms with van der Waals surface area (Å²) in [7, 11) is 0. The lowest BCUT2D eigenvalue weighted by Gasteiger charge is -2.08. The smallest absolute Gasteiger partial charge is 0.131 e. The van der Waals surface area contributed by atoms with Crippen molar-refractivity contribution in [1.29, 1.82) is 0 Å². The van der Waals surface area contributed by atoms with E-state index in [4.69, 9.17) is 0 Å². The van der Waals surface area contributed by atoms with E-state index in [0.717, 1.165) is 0 Å². The molecule has 40 valence electrons. The maximum Gasteiger partial charge on any atom is 0.131 e. The van der Waals surface area contributed by atoms with Gasteiger partial charge in [0.15, 0.2) is 0 Å². The molecule has 1 aliphatic heterocycles. The average molecular weight is 102 g/mol. The zero-order valence-electron chi connectivity index (χ0n) is 3.96. The summed E-state index contributed by atoms with van der Waals surface area (Å²) in [6.07, 6.45) is 3.19. The minimum atomic E-state index is 0.00810. The van der Waals surface area contributed by atoms with Crippen molar-refractivity contribution < 1.29 is 14.8 Å². The molecule has 0 amide bonds. The van der Waals surface area contributed by atoms with E-state index in [1.54, 1.807) is 6.08 Å². The van der Waals surface area contributed by atoms with E-state index in [2.05, 4.69) is 14.8 Å². The van der Waals surface area contributed by atoms with Gasteiger partial charge in [0.25, 0.3) is 0 Å². The molecule has 1 heterocycles. The number of hydrogen-bond donors (Lipinski definition) is 0. The van der Waals surface area contributed by atoms with Gasteiger partial charge in [-0.05, 0) is 18.0 Å². The molecule has 0 aromatic rings. The van der Waals surface area contributed by atoms with E-state index in [1.165, 1.54) is 6.26 Å². The van der Waals surface area contributed by atoms with Crippen molar-refractivity contribution in [2.24, 2.45) is 0 Å². The quantitative estimate of drug-likeness (QED) is 0.423. The van der Waals surface area contributed by atoms with E-state index in [-0.39, 0.29) is 6.10 Å². The topological polar surface area (TPSA) is 27.7 Å². The lowest BCUT2D eigenvalue weighted by molar-refractivity contribution is -0.507. The van der Waals surface area contributed by atoms with Crippen molar-refractivity contribution in [2.75, 3.05) is 0 Å². The van der Waals surface area contributed by atoms with Crippen LogP contribution in [0.2, 0.25) is 0 Å². The molecule has 0 spiro atoms. The second-order valence-electron chi connectivity index (χ2n) is 1.29. The molecule has 0 saturated carbocycles. The molecule has 0 saturated heterocycles. The molecular formula is C4H6O3. The van der Waals surface area contributed by atoms with Crippen LogP contribution in [0.1, 0.15) is 6.92 Å². The van der Waals surface area contributed by atoms with Gasteiger partial charge in [-0.25, -0.2) is 0 Å². The van der Waals surface area contributed by atoms with Gasteiger partial charge in [0.2, 0.25) is 0 Å². The van der Waals surface area contributed by atoms with E-state index < -0.39 is 0 Å². The van der Waals surface area contributed by atoms with Crippen molar-refractivity contribution in [3.8, 4) is 0 Å². The fourth-order valence-corrected chi connectivity index (χ4v) is 0.282. The molecule has 1 aliphatic rings. The van der Waals surface area contributed by atoms with Gasteiger partial charge in [-0.3, -0.25) is 0 Å². The molecule has 0 bridgehead atoms. The molecule has 0 aliphatic carbocycles. The van der Waals surface area contributed by atoms with Gasteiger partial charge in [0.05, 0.1) is 0 Å². The van der Waals surface area contributed by atoms with Crippen molar-refractivity contribution in [3.05, 3.63) is 12.3 Å². The molecule has 1 atom stereocenters. The molecular weight excluding hydrogens is 96.0 g/mol. The van der Waals surface area contributed by atoms with Gasteiger partial charge >= 0.3 is 0 Å². The third-order valence-electron chi connectivity index (χ3n) is 0.635. The first-order valence-corrected chi connectivity index (χ1v) is 2.05. The molecule has 1 unspecified atom stereocenters. The van der Waals surface area contributed by atoms with Crippen LogP contribution >= 0.6 is 0 Å². The summed E-state index contributed by atoms with van der Waals surface area (Å²) < 4.78 is 0. The van der Waals surface area contributed by atoms with Crippen LogP contribution in [-0.2, 0) is 14.8 Å². The predicted octanol–water partition coefficient (Wildman–Crippen LogP) is 0.782. The Hall–Kier alpha value is -0.540. The van der Waals surface area contributed by atoms with Crippen LogP contribution in [0, 0.1) is 0 Å².